The summed E-state index contributed by atoms with van der Waals surface area (Å²) in [5.74, 6) is -0.118. The second-order valence-electron chi connectivity index (χ2n) is 7.44. The van der Waals surface area contributed by atoms with Gasteiger partial charge in [0.25, 0.3) is 11.5 Å². The van der Waals surface area contributed by atoms with Gasteiger partial charge in [0.2, 0.25) is 0 Å². The van der Waals surface area contributed by atoms with E-state index in [1.807, 2.05) is 44.2 Å². The molecule has 30 heavy (non-hydrogen) atoms. The number of amides is 1. The molecule has 0 saturated heterocycles. The van der Waals surface area contributed by atoms with Gasteiger partial charge in [-0.15, -0.1) is 0 Å². The maximum absolute atomic E-state index is 13.2. The summed E-state index contributed by atoms with van der Waals surface area (Å²) in [6, 6.07) is 12.4. The number of nitrogens with two attached hydrogens (primary N) is 1. The number of pyridine rings is 1. The number of nitrogens with one attached hydrogen (secondary N) is 1. The van der Waals surface area contributed by atoms with Gasteiger partial charge in [-0.2, -0.15) is 0 Å². The topological polar surface area (TPSA) is 114 Å². The summed E-state index contributed by atoms with van der Waals surface area (Å²) in [5.41, 5.74) is 6.19. The molecule has 0 saturated carbocycles. The second kappa shape index (κ2) is 9.21. The average Bonchev–Trinajstić information content (AvgIpc) is 2.74. The smallest absolute Gasteiger partial charge is 0.330 e. The Balaban J connectivity index is 2.10. The largest absolute Gasteiger partial charge is 0.383 e. The highest BCUT2D eigenvalue weighted by atomic mass is 16.2. The van der Waals surface area contributed by atoms with Crippen molar-refractivity contribution >= 4 is 17.4 Å². The summed E-state index contributed by atoms with van der Waals surface area (Å²) >= 11 is 0. The summed E-state index contributed by atoms with van der Waals surface area (Å²) in [5, 5.41) is 0. The summed E-state index contributed by atoms with van der Waals surface area (Å²) in [6.45, 7) is 4.52. The Morgan fingerprint density at radius 1 is 1.13 bits per heavy atom. The molecule has 3 aromatic rings. The van der Waals surface area contributed by atoms with Gasteiger partial charge in [-0.25, -0.2) is 4.79 Å². The molecular weight excluding hydrogens is 382 g/mol. The molecule has 0 bridgehead atoms. The number of aromatic nitrogens is 3. The molecule has 3 N–H and O–H groups in total. The first-order valence-corrected chi connectivity index (χ1v) is 9.77. The van der Waals surface area contributed by atoms with Crippen molar-refractivity contribution in [1.29, 1.82) is 0 Å². The van der Waals surface area contributed by atoms with Crippen LogP contribution in [0.5, 0.6) is 0 Å². The van der Waals surface area contributed by atoms with Gasteiger partial charge in [0.05, 0.1) is 6.54 Å². The van der Waals surface area contributed by atoms with Crippen molar-refractivity contribution < 1.29 is 4.79 Å². The fourth-order valence-corrected chi connectivity index (χ4v) is 3.11. The first-order chi connectivity index (χ1) is 14.4. The lowest BCUT2D eigenvalue weighted by Gasteiger charge is -2.25. The molecular formula is C22H25N5O3. The van der Waals surface area contributed by atoms with E-state index in [0.29, 0.717) is 17.9 Å². The Hall–Kier alpha value is -3.68. The highest BCUT2D eigenvalue weighted by Gasteiger charge is 2.25. The van der Waals surface area contributed by atoms with Gasteiger partial charge < -0.3 is 10.6 Å². The van der Waals surface area contributed by atoms with E-state index < -0.39 is 11.2 Å². The second-order valence-corrected chi connectivity index (χ2v) is 7.44. The Morgan fingerprint density at radius 2 is 1.80 bits per heavy atom. The SMILES string of the molecule is CC(C)CCN(C(=O)c1ccncc1)c1c(N)n(Cc2ccccc2)c(=O)[nH]c1=O. The van der Waals surface area contributed by atoms with E-state index in [1.165, 1.54) is 21.9 Å². The molecule has 8 heteroatoms. The van der Waals surface area contributed by atoms with Gasteiger partial charge in [0.15, 0.2) is 5.69 Å². The van der Waals surface area contributed by atoms with Crippen LogP contribution in [0.1, 0.15) is 36.2 Å². The zero-order valence-electron chi connectivity index (χ0n) is 17.0. The molecule has 1 aromatic carbocycles. The number of H-pyrrole nitrogens is 1. The summed E-state index contributed by atoms with van der Waals surface area (Å²) in [4.78, 5) is 46.0. The highest BCUT2D eigenvalue weighted by molar-refractivity contribution is 6.07. The van der Waals surface area contributed by atoms with E-state index >= 15 is 0 Å². The zero-order valence-corrected chi connectivity index (χ0v) is 17.0. The minimum Gasteiger partial charge on any atom is -0.383 e. The molecule has 0 aliphatic rings. The van der Waals surface area contributed by atoms with Gasteiger partial charge >= 0.3 is 5.69 Å². The normalized spacial score (nSPS) is 10.9. The van der Waals surface area contributed by atoms with Crippen LogP contribution in [0.2, 0.25) is 0 Å². The highest BCUT2D eigenvalue weighted by Crippen LogP contribution is 2.21. The number of aromatic amines is 1. The lowest BCUT2D eigenvalue weighted by molar-refractivity contribution is 0.0985. The van der Waals surface area contributed by atoms with Crippen LogP contribution in [0.15, 0.2) is 64.4 Å². The van der Waals surface area contributed by atoms with Gasteiger partial charge in [-0.05, 0) is 30.0 Å². The van der Waals surface area contributed by atoms with Crippen LogP contribution in [0, 0.1) is 5.92 Å². The van der Waals surface area contributed by atoms with E-state index in [1.54, 1.807) is 12.1 Å². The van der Waals surface area contributed by atoms with Crippen molar-refractivity contribution in [3.8, 4) is 0 Å². The van der Waals surface area contributed by atoms with Crippen molar-refractivity contribution in [2.45, 2.75) is 26.8 Å². The quantitative estimate of drug-likeness (QED) is 0.623. The molecule has 0 atom stereocenters. The molecule has 0 spiro atoms. The van der Waals surface area contributed by atoms with E-state index in [4.69, 9.17) is 5.73 Å². The fourth-order valence-electron chi connectivity index (χ4n) is 3.11. The predicted molar refractivity (Wildman–Crippen MR) is 117 cm³/mol. The van der Waals surface area contributed by atoms with Gasteiger partial charge in [0, 0.05) is 24.5 Å². The minimum atomic E-state index is -0.687. The number of nitrogen functional groups attached to an aromatic ring is 1. The lowest BCUT2D eigenvalue weighted by atomic mass is 10.1. The molecule has 2 aromatic heterocycles. The first-order valence-electron chi connectivity index (χ1n) is 9.77. The lowest BCUT2D eigenvalue weighted by Crippen LogP contribution is -2.42. The van der Waals surface area contributed by atoms with Crippen LogP contribution in [0.3, 0.4) is 0 Å². The first kappa shape index (κ1) is 21.0. The van der Waals surface area contributed by atoms with Crippen LogP contribution < -0.4 is 21.9 Å². The third-order valence-electron chi connectivity index (χ3n) is 4.77. The number of nitrogens with zero attached hydrogens (tertiary/aromatic N) is 3. The molecule has 0 fully saturated rings. The Morgan fingerprint density at radius 3 is 2.43 bits per heavy atom. The predicted octanol–water partition coefficient (Wildman–Crippen LogP) is 2.25. The number of hydrogen-bond acceptors (Lipinski definition) is 5. The molecule has 156 valence electrons. The molecule has 3 rings (SSSR count). The van der Waals surface area contributed by atoms with E-state index in [9.17, 15) is 14.4 Å². The zero-order chi connectivity index (χ0) is 21.7. The monoisotopic (exact) mass is 407 g/mol. The van der Waals surface area contributed by atoms with Crippen LogP contribution in [0.4, 0.5) is 11.5 Å². The Labute approximate surface area is 174 Å². The Kier molecular flexibility index (Phi) is 6.46. The van der Waals surface area contributed by atoms with Crippen LogP contribution in [0.25, 0.3) is 0 Å². The summed E-state index contributed by atoms with van der Waals surface area (Å²) in [6.07, 6.45) is 3.68. The van der Waals surface area contributed by atoms with E-state index in [2.05, 4.69) is 9.97 Å². The number of carbonyl (C=O) groups is 1. The van der Waals surface area contributed by atoms with E-state index in [0.717, 1.165) is 5.56 Å². The van der Waals surface area contributed by atoms with Crippen molar-refractivity contribution in [3.05, 3.63) is 86.8 Å². The number of rotatable bonds is 7. The maximum Gasteiger partial charge on any atom is 0.330 e. The number of hydrogen-bond donors (Lipinski definition) is 2. The van der Waals surface area contributed by atoms with Gasteiger partial charge in [-0.1, -0.05) is 44.2 Å². The van der Waals surface area contributed by atoms with Gasteiger partial charge in [0.1, 0.15) is 5.82 Å². The minimum absolute atomic E-state index is 0.0204. The molecule has 0 radical (unpaired) electrons. The molecule has 0 aliphatic heterocycles. The molecule has 8 nitrogen and oxygen atoms in total. The van der Waals surface area contributed by atoms with Gasteiger partial charge in [-0.3, -0.25) is 24.1 Å². The average molecular weight is 407 g/mol. The van der Waals surface area contributed by atoms with Crippen LogP contribution in [-0.2, 0) is 6.54 Å². The molecule has 0 unspecified atom stereocenters. The van der Waals surface area contributed by atoms with Crippen molar-refractivity contribution in [2.75, 3.05) is 17.2 Å². The third-order valence-corrected chi connectivity index (χ3v) is 4.77. The fraction of sp³-hybridized carbons (Fsp3) is 0.273. The number of anilines is 2. The van der Waals surface area contributed by atoms with E-state index in [-0.39, 0.29) is 30.5 Å². The standard InChI is InChI=1S/C22H25N5O3/c1-15(2)10-13-26(21(29)17-8-11-24-12-9-17)18-19(23)27(22(30)25-20(18)28)14-16-6-4-3-5-7-16/h3-9,11-12,15H,10,13-14,23H2,1-2H3,(H,25,28,30). The summed E-state index contributed by atoms with van der Waals surface area (Å²) < 4.78 is 1.27. The number of carbonyl (C=O) groups excluding carboxylic acids is 1. The Bertz CT molecular complexity index is 1120. The van der Waals surface area contributed by atoms with Crippen molar-refractivity contribution in [2.24, 2.45) is 5.92 Å². The molecule has 0 aliphatic carbocycles. The third kappa shape index (κ3) is 4.65. The number of benzene rings is 1. The maximum atomic E-state index is 13.2. The summed E-state index contributed by atoms with van der Waals surface area (Å²) in [7, 11) is 0. The van der Waals surface area contributed by atoms with Crippen molar-refractivity contribution in [1.82, 2.24) is 14.5 Å². The molecule has 2 heterocycles. The van der Waals surface area contributed by atoms with Crippen LogP contribution >= 0.6 is 0 Å². The molecule has 1 amide bonds. The van der Waals surface area contributed by atoms with Crippen molar-refractivity contribution in [3.63, 3.8) is 0 Å². The van der Waals surface area contributed by atoms with Crippen LogP contribution in [-0.4, -0.2) is 27.0 Å².